The van der Waals surface area contributed by atoms with E-state index in [2.05, 4.69) is 4.90 Å². The summed E-state index contributed by atoms with van der Waals surface area (Å²) >= 11 is 0. The molecule has 0 radical (unpaired) electrons. The number of phenols is 3. The van der Waals surface area contributed by atoms with Crippen molar-refractivity contribution < 1.29 is 28.9 Å². The van der Waals surface area contributed by atoms with Crippen LogP contribution < -0.4 is 10.9 Å². The molecular formula is C32H28N2O8. The van der Waals surface area contributed by atoms with Crippen LogP contribution in [0.3, 0.4) is 0 Å². The molecule has 1 fully saturated rings. The summed E-state index contributed by atoms with van der Waals surface area (Å²) in [6.45, 7) is 2.26. The van der Waals surface area contributed by atoms with Crippen LogP contribution in [0.5, 0.6) is 17.2 Å². The SMILES string of the molecule is CN1CCN(C(=O)CC(c2coc3ccccc3c2=O)c2c(O)c(O)c(O)c3c(=O)cc(-c4ccccc4)oc23)CC1. The molecule has 6 rings (SSSR count). The summed E-state index contributed by atoms with van der Waals surface area (Å²) in [5.41, 5.74) is -0.669. The molecule has 10 nitrogen and oxygen atoms in total. The smallest absolute Gasteiger partial charge is 0.223 e. The first-order valence-corrected chi connectivity index (χ1v) is 13.5. The summed E-state index contributed by atoms with van der Waals surface area (Å²) in [5.74, 6) is -4.01. The van der Waals surface area contributed by atoms with Gasteiger partial charge in [-0.05, 0) is 19.2 Å². The third-order valence-corrected chi connectivity index (χ3v) is 7.86. The predicted octanol–water partition coefficient (Wildman–Crippen LogP) is 3.98. The topological polar surface area (TPSA) is 145 Å². The number of aromatic hydroxyl groups is 3. The highest BCUT2D eigenvalue weighted by Gasteiger charge is 2.34. The van der Waals surface area contributed by atoms with Gasteiger partial charge >= 0.3 is 0 Å². The third-order valence-electron chi connectivity index (χ3n) is 7.86. The molecule has 0 bridgehead atoms. The Bertz CT molecular complexity index is 1940. The number of nitrogens with zero attached hydrogens (tertiary/aromatic N) is 2. The van der Waals surface area contributed by atoms with E-state index in [0.29, 0.717) is 37.3 Å². The first-order valence-electron chi connectivity index (χ1n) is 13.5. The zero-order valence-corrected chi connectivity index (χ0v) is 22.7. The van der Waals surface area contributed by atoms with E-state index >= 15 is 0 Å². The first-order chi connectivity index (χ1) is 20.2. The van der Waals surface area contributed by atoms with Gasteiger partial charge < -0.3 is 34.0 Å². The molecular weight excluding hydrogens is 540 g/mol. The Morgan fingerprint density at radius 1 is 0.905 bits per heavy atom. The van der Waals surface area contributed by atoms with Gasteiger partial charge in [-0.3, -0.25) is 14.4 Å². The Kier molecular flexibility index (Phi) is 6.91. The van der Waals surface area contributed by atoms with Crippen LogP contribution in [0.1, 0.15) is 23.5 Å². The van der Waals surface area contributed by atoms with Crippen LogP contribution in [0.4, 0.5) is 0 Å². The Morgan fingerprint density at radius 2 is 1.60 bits per heavy atom. The monoisotopic (exact) mass is 568 g/mol. The van der Waals surface area contributed by atoms with Crippen molar-refractivity contribution in [2.24, 2.45) is 0 Å². The average molecular weight is 569 g/mol. The van der Waals surface area contributed by atoms with Crippen LogP contribution in [0.25, 0.3) is 33.3 Å². The van der Waals surface area contributed by atoms with E-state index in [0.717, 1.165) is 0 Å². The predicted molar refractivity (Wildman–Crippen MR) is 156 cm³/mol. The van der Waals surface area contributed by atoms with E-state index in [1.54, 1.807) is 59.5 Å². The second-order valence-corrected chi connectivity index (χ2v) is 10.5. The van der Waals surface area contributed by atoms with Crippen LogP contribution in [-0.4, -0.2) is 64.3 Å². The number of carbonyl (C=O) groups is 1. The summed E-state index contributed by atoms with van der Waals surface area (Å²) in [6, 6.07) is 16.5. The highest BCUT2D eigenvalue weighted by atomic mass is 16.4. The lowest BCUT2D eigenvalue weighted by Gasteiger charge is -2.33. The maximum Gasteiger partial charge on any atom is 0.223 e. The van der Waals surface area contributed by atoms with Gasteiger partial charge in [-0.15, -0.1) is 0 Å². The Labute approximate surface area is 239 Å². The maximum atomic E-state index is 13.8. The number of amides is 1. The van der Waals surface area contributed by atoms with Crippen molar-refractivity contribution in [3.05, 3.63) is 98.5 Å². The summed E-state index contributed by atoms with van der Waals surface area (Å²) in [7, 11) is 1.96. The molecule has 3 aromatic carbocycles. The summed E-state index contributed by atoms with van der Waals surface area (Å²) in [5, 5.41) is 32.7. The van der Waals surface area contributed by atoms with Gasteiger partial charge in [-0.2, -0.15) is 0 Å². The standard InChI is InChI=1S/C32H28N2O8/c1-33-11-13-34(14-12-33)25(36)15-20(21-17-41-23-10-6-5-9-19(23)28(21)37)26-29(38)31(40)30(39)27-22(35)16-24(42-32(26)27)18-7-3-2-4-8-18/h2-10,16-17,20,38-40H,11-15H2,1H3. The largest absolute Gasteiger partial charge is 0.504 e. The fourth-order valence-corrected chi connectivity index (χ4v) is 5.50. The van der Waals surface area contributed by atoms with Crippen LogP contribution in [0, 0.1) is 0 Å². The van der Waals surface area contributed by atoms with Crippen molar-refractivity contribution in [2.45, 2.75) is 12.3 Å². The van der Waals surface area contributed by atoms with Gasteiger partial charge in [0.15, 0.2) is 22.4 Å². The molecule has 2 aromatic heterocycles. The lowest BCUT2D eigenvalue weighted by atomic mass is 9.85. The normalized spacial score (nSPS) is 14.8. The molecule has 1 saturated heterocycles. The molecule has 1 aliphatic heterocycles. The van der Waals surface area contributed by atoms with Crippen LogP contribution in [0.15, 0.2) is 85.4 Å². The molecule has 1 aliphatic rings. The van der Waals surface area contributed by atoms with Gasteiger partial charge in [-0.25, -0.2) is 0 Å². The van der Waals surface area contributed by atoms with E-state index < -0.39 is 34.0 Å². The number of hydrogen-bond donors (Lipinski definition) is 3. The van der Waals surface area contributed by atoms with Gasteiger partial charge in [0, 0.05) is 61.3 Å². The number of benzene rings is 3. The number of phenolic OH excluding ortho intramolecular Hbond substituents is 3. The molecule has 0 aliphatic carbocycles. The second kappa shape index (κ2) is 10.7. The highest BCUT2D eigenvalue weighted by molar-refractivity contribution is 5.94. The molecule has 42 heavy (non-hydrogen) atoms. The van der Waals surface area contributed by atoms with Crippen LogP contribution in [-0.2, 0) is 4.79 Å². The third kappa shape index (κ3) is 4.65. The van der Waals surface area contributed by atoms with Crippen LogP contribution >= 0.6 is 0 Å². The molecule has 214 valence electrons. The van der Waals surface area contributed by atoms with E-state index in [4.69, 9.17) is 8.83 Å². The van der Waals surface area contributed by atoms with Crippen molar-refractivity contribution in [3.8, 4) is 28.6 Å². The number of fused-ring (bicyclic) bond motifs is 2. The van der Waals surface area contributed by atoms with Crippen molar-refractivity contribution in [1.82, 2.24) is 9.80 Å². The number of para-hydroxylation sites is 1. The molecule has 3 N–H and O–H groups in total. The van der Waals surface area contributed by atoms with E-state index in [-0.39, 0.29) is 45.6 Å². The van der Waals surface area contributed by atoms with E-state index in [9.17, 15) is 29.7 Å². The zero-order chi connectivity index (χ0) is 29.5. The van der Waals surface area contributed by atoms with Gasteiger partial charge in [0.05, 0.1) is 11.6 Å². The summed E-state index contributed by atoms with van der Waals surface area (Å²) < 4.78 is 11.9. The Hall–Kier alpha value is -5.09. The van der Waals surface area contributed by atoms with Crippen LogP contribution in [0.2, 0.25) is 0 Å². The molecule has 10 heteroatoms. The van der Waals surface area contributed by atoms with Crippen molar-refractivity contribution in [3.63, 3.8) is 0 Å². The number of piperazine rings is 1. The summed E-state index contributed by atoms with van der Waals surface area (Å²) in [4.78, 5) is 44.6. The van der Waals surface area contributed by atoms with Gasteiger partial charge in [-0.1, -0.05) is 42.5 Å². The van der Waals surface area contributed by atoms with Crippen molar-refractivity contribution >= 4 is 27.8 Å². The lowest BCUT2D eigenvalue weighted by molar-refractivity contribution is -0.133. The summed E-state index contributed by atoms with van der Waals surface area (Å²) in [6.07, 6.45) is 0.917. The number of hydrogen-bond acceptors (Lipinski definition) is 9. The molecule has 3 heterocycles. The fraction of sp³-hybridized carbons (Fsp3) is 0.219. The first kappa shape index (κ1) is 27.1. The lowest BCUT2D eigenvalue weighted by Crippen LogP contribution is -2.47. The molecule has 1 unspecified atom stereocenters. The molecule has 0 spiro atoms. The minimum Gasteiger partial charge on any atom is -0.504 e. The number of likely N-dealkylation sites (N-methyl/N-ethyl adjacent to an activating group) is 1. The Morgan fingerprint density at radius 3 is 2.33 bits per heavy atom. The van der Waals surface area contributed by atoms with Gasteiger partial charge in [0.1, 0.15) is 22.3 Å². The highest BCUT2D eigenvalue weighted by Crippen LogP contribution is 2.49. The fourth-order valence-electron chi connectivity index (χ4n) is 5.50. The van der Waals surface area contributed by atoms with E-state index in [1.807, 2.05) is 7.05 Å². The quantitative estimate of drug-likeness (QED) is 0.268. The molecule has 1 atom stereocenters. The van der Waals surface area contributed by atoms with E-state index in [1.165, 1.54) is 12.3 Å². The molecule has 1 amide bonds. The zero-order valence-electron chi connectivity index (χ0n) is 22.7. The number of carbonyl (C=O) groups excluding carboxylic acids is 1. The number of rotatable bonds is 5. The average Bonchev–Trinajstić information content (AvgIpc) is 3.00. The Balaban J connectivity index is 1.62. The van der Waals surface area contributed by atoms with Gasteiger partial charge in [0.2, 0.25) is 11.7 Å². The maximum absolute atomic E-state index is 13.8. The molecule has 0 saturated carbocycles. The second-order valence-electron chi connectivity index (χ2n) is 10.5. The molecule has 5 aromatic rings. The van der Waals surface area contributed by atoms with Crippen molar-refractivity contribution in [2.75, 3.05) is 33.2 Å². The van der Waals surface area contributed by atoms with Gasteiger partial charge in [0.25, 0.3) is 0 Å². The minimum atomic E-state index is -1.21. The van der Waals surface area contributed by atoms with Crippen molar-refractivity contribution in [1.29, 1.82) is 0 Å². The minimum absolute atomic E-state index is 0.0191.